The lowest BCUT2D eigenvalue weighted by molar-refractivity contribution is 0.0155. The third-order valence-electron chi connectivity index (χ3n) is 5.52. The van der Waals surface area contributed by atoms with Crippen molar-refractivity contribution < 1.29 is 18.7 Å². The number of para-hydroxylation sites is 1. The van der Waals surface area contributed by atoms with Crippen LogP contribution in [0.15, 0.2) is 45.6 Å². The van der Waals surface area contributed by atoms with Gasteiger partial charge in [0.2, 0.25) is 0 Å². The van der Waals surface area contributed by atoms with Crippen molar-refractivity contribution >= 4 is 16.9 Å². The van der Waals surface area contributed by atoms with E-state index in [0.717, 1.165) is 23.9 Å². The minimum absolute atomic E-state index is 0.0222. The molecule has 29 heavy (non-hydrogen) atoms. The highest BCUT2D eigenvalue weighted by molar-refractivity contribution is 5.97. The number of methoxy groups -OCH3 is 1. The monoisotopic (exact) mass is 394 g/mol. The van der Waals surface area contributed by atoms with Gasteiger partial charge >= 0.3 is 0 Å². The molecular weight excluding hydrogens is 372 g/mol. The van der Waals surface area contributed by atoms with Gasteiger partial charge in [0.1, 0.15) is 11.9 Å². The molecule has 7 nitrogen and oxygen atoms in total. The Morgan fingerprint density at radius 1 is 1.17 bits per heavy atom. The van der Waals surface area contributed by atoms with E-state index in [9.17, 15) is 9.59 Å². The maximum absolute atomic E-state index is 12.7. The third kappa shape index (κ3) is 3.16. The molecule has 1 amide bonds. The Bertz CT molecular complexity index is 1150. The van der Waals surface area contributed by atoms with Crippen LogP contribution in [0.1, 0.15) is 35.1 Å². The van der Waals surface area contributed by atoms with E-state index >= 15 is 0 Å². The summed E-state index contributed by atoms with van der Waals surface area (Å²) in [4.78, 5) is 26.7. The number of rotatable bonds is 5. The van der Waals surface area contributed by atoms with Crippen LogP contribution in [0, 0.1) is 6.92 Å². The molecule has 2 aliphatic rings. The Balaban J connectivity index is 1.25. The van der Waals surface area contributed by atoms with Crippen molar-refractivity contribution in [3.05, 3.63) is 58.2 Å². The van der Waals surface area contributed by atoms with E-state index < -0.39 is 0 Å². The van der Waals surface area contributed by atoms with Crippen LogP contribution >= 0.6 is 0 Å². The number of fused-ring (bicyclic) bond motifs is 1. The molecule has 3 heterocycles. The molecule has 1 aromatic carbocycles. The number of carbonyl (C=O) groups is 1. The highest BCUT2D eigenvalue weighted by atomic mass is 16.5. The van der Waals surface area contributed by atoms with Gasteiger partial charge in [0.15, 0.2) is 17.1 Å². The molecule has 1 saturated carbocycles. The molecule has 2 aromatic heterocycles. The highest BCUT2D eigenvalue weighted by Crippen LogP contribution is 2.35. The minimum Gasteiger partial charge on any atom is -0.493 e. The van der Waals surface area contributed by atoms with Crippen LogP contribution in [-0.4, -0.2) is 41.7 Å². The molecule has 7 heteroatoms. The van der Waals surface area contributed by atoms with Crippen molar-refractivity contribution in [3.63, 3.8) is 0 Å². The summed E-state index contributed by atoms with van der Waals surface area (Å²) in [7, 11) is 1.57. The number of aryl methyl sites for hydroxylation is 1. The van der Waals surface area contributed by atoms with Crippen LogP contribution in [0.2, 0.25) is 0 Å². The first-order valence-electron chi connectivity index (χ1n) is 9.79. The van der Waals surface area contributed by atoms with Gasteiger partial charge in [-0.15, -0.1) is 0 Å². The Hall–Kier alpha value is -3.22. The van der Waals surface area contributed by atoms with Crippen LogP contribution in [0.4, 0.5) is 0 Å². The summed E-state index contributed by atoms with van der Waals surface area (Å²) < 4.78 is 18.8. The second-order valence-corrected chi connectivity index (χ2v) is 7.71. The number of hydrogen-bond acceptors (Lipinski definition) is 5. The van der Waals surface area contributed by atoms with Gasteiger partial charge in [-0.2, -0.15) is 0 Å². The highest BCUT2D eigenvalue weighted by Gasteiger charge is 2.35. The van der Waals surface area contributed by atoms with Crippen LogP contribution in [0.3, 0.4) is 0 Å². The smallest absolute Gasteiger partial charge is 0.289 e. The zero-order valence-corrected chi connectivity index (χ0v) is 16.4. The first-order chi connectivity index (χ1) is 14.0. The van der Waals surface area contributed by atoms with E-state index in [1.165, 1.54) is 0 Å². The SMILES string of the molecule is COc1cccc2cc(C(=O)N3CC(Oc4cc(C)n(C5CC5)c(=O)c4)C3)oc12. The predicted molar refractivity (Wildman–Crippen MR) is 107 cm³/mol. The lowest BCUT2D eigenvalue weighted by Crippen LogP contribution is -2.56. The largest absolute Gasteiger partial charge is 0.493 e. The number of aromatic nitrogens is 1. The number of furan rings is 1. The number of nitrogens with zero attached hydrogens (tertiary/aromatic N) is 2. The lowest BCUT2D eigenvalue weighted by atomic mass is 10.1. The summed E-state index contributed by atoms with van der Waals surface area (Å²) >= 11 is 0. The van der Waals surface area contributed by atoms with Crippen molar-refractivity contribution in [2.75, 3.05) is 20.2 Å². The first kappa shape index (κ1) is 17.8. The molecule has 0 N–H and O–H groups in total. The molecule has 0 unspecified atom stereocenters. The van der Waals surface area contributed by atoms with Crippen molar-refractivity contribution in [1.82, 2.24) is 9.47 Å². The minimum atomic E-state index is -0.177. The quantitative estimate of drug-likeness (QED) is 0.665. The van der Waals surface area contributed by atoms with Crippen molar-refractivity contribution in [1.29, 1.82) is 0 Å². The van der Waals surface area contributed by atoms with Crippen molar-refractivity contribution in [2.45, 2.75) is 31.9 Å². The van der Waals surface area contributed by atoms with Gasteiger partial charge in [-0.3, -0.25) is 9.59 Å². The first-order valence-corrected chi connectivity index (χ1v) is 9.79. The van der Waals surface area contributed by atoms with Crippen LogP contribution in [-0.2, 0) is 0 Å². The normalized spacial score (nSPS) is 16.7. The van der Waals surface area contributed by atoms with Gasteiger partial charge < -0.3 is 23.4 Å². The maximum atomic E-state index is 12.7. The van der Waals surface area contributed by atoms with Crippen LogP contribution < -0.4 is 15.0 Å². The molecule has 5 rings (SSSR count). The summed E-state index contributed by atoms with van der Waals surface area (Å²) in [5.41, 5.74) is 1.46. The average Bonchev–Trinajstić information content (AvgIpc) is 3.39. The van der Waals surface area contributed by atoms with E-state index in [0.29, 0.717) is 36.2 Å². The molecule has 0 spiro atoms. The molecule has 0 radical (unpaired) electrons. The summed E-state index contributed by atoms with van der Waals surface area (Å²) in [5, 5.41) is 0.827. The summed E-state index contributed by atoms with van der Waals surface area (Å²) in [6, 6.07) is 11.1. The number of carbonyl (C=O) groups excluding carboxylic acids is 1. The number of hydrogen-bond donors (Lipinski definition) is 0. The molecule has 0 bridgehead atoms. The predicted octanol–water partition coefficient (Wildman–Crippen LogP) is 3.15. The number of benzene rings is 1. The maximum Gasteiger partial charge on any atom is 0.289 e. The Morgan fingerprint density at radius 2 is 1.97 bits per heavy atom. The zero-order valence-electron chi connectivity index (χ0n) is 16.4. The summed E-state index contributed by atoms with van der Waals surface area (Å²) in [6.45, 7) is 2.84. The molecule has 3 aromatic rings. The molecular formula is C22H22N2O5. The molecule has 0 atom stereocenters. The number of ether oxygens (including phenoxy) is 2. The van der Waals surface area contributed by atoms with Crippen molar-refractivity contribution in [3.8, 4) is 11.5 Å². The number of pyridine rings is 1. The molecule has 1 aliphatic carbocycles. The van der Waals surface area contributed by atoms with Gasteiger partial charge in [0.25, 0.3) is 11.5 Å². The average molecular weight is 394 g/mol. The zero-order chi connectivity index (χ0) is 20.1. The van der Waals surface area contributed by atoms with E-state index in [2.05, 4.69) is 0 Å². The Kier molecular flexibility index (Phi) is 4.12. The topological polar surface area (TPSA) is 73.9 Å². The fourth-order valence-electron chi connectivity index (χ4n) is 3.88. The van der Waals surface area contributed by atoms with Gasteiger partial charge in [-0.1, -0.05) is 12.1 Å². The number of amides is 1. The molecule has 1 saturated heterocycles. The summed E-state index contributed by atoms with van der Waals surface area (Å²) in [5.74, 6) is 1.27. The summed E-state index contributed by atoms with van der Waals surface area (Å²) in [6.07, 6.45) is 2.00. The van der Waals surface area contributed by atoms with Crippen molar-refractivity contribution in [2.24, 2.45) is 0 Å². The third-order valence-corrected chi connectivity index (χ3v) is 5.52. The van der Waals surface area contributed by atoms with E-state index in [4.69, 9.17) is 13.9 Å². The van der Waals surface area contributed by atoms with Gasteiger partial charge in [-0.25, -0.2) is 0 Å². The fraction of sp³-hybridized carbons (Fsp3) is 0.364. The van der Waals surface area contributed by atoms with E-state index in [1.54, 1.807) is 30.2 Å². The molecule has 1 aliphatic heterocycles. The van der Waals surface area contributed by atoms with Gasteiger partial charge in [0, 0.05) is 23.2 Å². The van der Waals surface area contributed by atoms with E-state index in [1.807, 2.05) is 29.7 Å². The fourth-order valence-corrected chi connectivity index (χ4v) is 3.88. The van der Waals surface area contributed by atoms with Gasteiger partial charge in [-0.05, 0) is 38.0 Å². The molecule has 2 fully saturated rings. The lowest BCUT2D eigenvalue weighted by Gasteiger charge is -2.38. The second-order valence-electron chi connectivity index (χ2n) is 7.71. The Morgan fingerprint density at radius 3 is 2.66 bits per heavy atom. The number of likely N-dealkylation sites (tertiary alicyclic amines) is 1. The van der Waals surface area contributed by atoms with E-state index in [-0.39, 0.29) is 23.3 Å². The second kappa shape index (κ2) is 6.69. The van der Waals surface area contributed by atoms with Crippen LogP contribution in [0.25, 0.3) is 11.0 Å². The standard InChI is InChI=1S/C22H22N2O5/c1-13-8-16(10-20(25)24(13)15-6-7-15)28-17-11-23(12-17)22(26)19-9-14-4-3-5-18(27-2)21(14)29-19/h3-5,8-10,15,17H,6-7,11-12H2,1-2H3. The van der Waals surface area contributed by atoms with Crippen LogP contribution in [0.5, 0.6) is 11.5 Å². The molecule has 150 valence electrons. The Labute approximate surface area is 167 Å². The van der Waals surface area contributed by atoms with Gasteiger partial charge in [0.05, 0.1) is 20.2 Å².